The molecule has 0 aliphatic heterocycles. The van der Waals surface area contributed by atoms with E-state index >= 15 is 0 Å². The fraction of sp³-hybridized carbons (Fsp3) is 0.250. The molecular formula is C8H9ClN2O3. The fourth-order valence-corrected chi connectivity index (χ4v) is 1.05. The molecule has 1 heterocycles. The van der Waals surface area contributed by atoms with Crippen LogP contribution in [0.5, 0.6) is 0 Å². The molecule has 0 spiro atoms. The van der Waals surface area contributed by atoms with Crippen molar-refractivity contribution >= 4 is 23.4 Å². The van der Waals surface area contributed by atoms with Crippen molar-refractivity contribution in [1.82, 2.24) is 5.32 Å². The van der Waals surface area contributed by atoms with Gasteiger partial charge < -0.3 is 15.5 Å². The molecule has 0 aliphatic carbocycles. The minimum Gasteiger partial charge on any atom is -0.452 e. The van der Waals surface area contributed by atoms with Crippen LogP contribution in [0.2, 0.25) is 5.22 Å². The predicted molar refractivity (Wildman–Crippen MR) is 49.9 cm³/mol. The SMILES string of the molecule is NC(=O)CCNC(=O)c1ccoc1Cl. The zero-order chi connectivity index (χ0) is 10.6. The van der Waals surface area contributed by atoms with E-state index in [1.807, 2.05) is 0 Å². The molecule has 3 N–H and O–H groups in total. The van der Waals surface area contributed by atoms with Crippen LogP contribution in [-0.2, 0) is 4.79 Å². The molecule has 0 aliphatic rings. The van der Waals surface area contributed by atoms with Crippen LogP contribution in [0.4, 0.5) is 0 Å². The van der Waals surface area contributed by atoms with Gasteiger partial charge in [-0.1, -0.05) is 0 Å². The van der Waals surface area contributed by atoms with E-state index in [4.69, 9.17) is 21.8 Å². The number of carbonyl (C=O) groups is 2. The van der Waals surface area contributed by atoms with Crippen LogP contribution in [-0.4, -0.2) is 18.4 Å². The maximum absolute atomic E-state index is 11.3. The number of hydrogen-bond acceptors (Lipinski definition) is 3. The minimum atomic E-state index is -0.469. The van der Waals surface area contributed by atoms with E-state index in [2.05, 4.69) is 5.32 Å². The zero-order valence-electron chi connectivity index (χ0n) is 7.25. The van der Waals surface area contributed by atoms with Gasteiger partial charge in [0.15, 0.2) is 0 Å². The number of halogens is 1. The summed E-state index contributed by atoms with van der Waals surface area (Å²) < 4.78 is 4.73. The molecule has 2 amide bonds. The average molecular weight is 217 g/mol. The van der Waals surface area contributed by atoms with Crippen LogP contribution in [0, 0.1) is 0 Å². The van der Waals surface area contributed by atoms with Gasteiger partial charge >= 0.3 is 0 Å². The molecule has 0 saturated heterocycles. The number of furan rings is 1. The van der Waals surface area contributed by atoms with Crippen molar-refractivity contribution in [3.63, 3.8) is 0 Å². The molecule has 6 heteroatoms. The first kappa shape index (κ1) is 10.6. The molecule has 1 aromatic rings. The van der Waals surface area contributed by atoms with E-state index in [1.165, 1.54) is 12.3 Å². The Hall–Kier alpha value is -1.49. The molecule has 0 saturated carbocycles. The highest BCUT2D eigenvalue weighted by Gasteiger charge is 2.12. The summed E-state index contributed by atoms with van der Waals surface area (Å²) in [5.74, 6) is -0.853. The normalized spacial score (nSPS) is 9.79. The molecular weight excluding hydrogens is 208 g/mol. The summed E-state index contributed by atoms with van der Waals surface area (Å²) >= 11 is 5.56. The van der Waals surface area contributed by atoms with E-state index in [0.717, 1.165) is 0 Å². The quantitative estimate of drug-likeness (QED) is 0.770. The van der Waals surface area contributed by atoms with Gasteiger partial charge in [-0.3, -0.25) is 9.59 Å². The molecule has 76 valence electrons. The third-order valence-electron chi connectivity index (χ3n) is 1.52. The van der Waals surface area contributed by atoms with Gasteiger partial charge in [0.1, 0.15) is 0 Å². The minimum absolute atomic E-state index is 0.0292. The average Bonchev–Trinajstić information content (AvgIpc) is 2.50. The smallest absolute Gasteiger partial charge is 0.256 e. The first-order valence-electron chi connectivity index (χ1n) is 3.90. The second kappa shape index (κ2) is 4.66. The Morgan fingerprint density at radius 3 is 2.79 bits per heavy atom. The maximum Gasteiger partial charge on any atom is 0.256 e. The number of nitrogens with two attached hydrogens (primary N) is 1. The Morgan fingerprint density at radius 1 is 1.57 bits per heavy atom. The van der Waals surface area contributed by atoms with Crippen LogP contribution >= 0.6 is 11.6 Å². The van der Waals surface area contributed by atoms with Gasteiger partial charge in [0.05, 0.1) is 11.8 Å². The third-order valence-corrected chi connectivity index (χ3v) is 1.81. The summed E-state index contributed by atoms with van der Waals surface area (Å²) in [5, 5.41) is 2.50. The Balaban J connectivity index is 2.44. The molecule has 0 radical (unpaired) electrons. The molecule has 14 heavy (non-hydrogen) atoms. The number of hydrogen-bond donors (Lipinski definition) is 2. The number of rotatable bonds is 4. The molecule has 0 bridgehead atoms. The van der Waals surface area contributed by atoms with Crippen molar-refractivity contribution in [2.24, 2.45) is 5.73 Å². The van der Waals surface area contributed by atoms with Gasteiger partial charge in [0.25, 0.3) is 5.91 Å². The van der Waals surface area contributed by atoms with Gasteiger partial charge in [-0.05, 0) is 17.7 Å². The summed E-state index contributed by atoms with van der Waals surface area (Å²) in [5.41, 5.74) is 5.14. The molecule has 0 atom stereocenters. The lowest BCUT2D eigenvalue weighted by Crippen LogP contribution is -2.27. The van der Waals surface area contributed by atoms with Crippen molar-refractivity contribution in [2.75, 3.05) is 6.54 Å². The van der Waals surface area contributed by atoms with Gasteiger partial charge in [-0.25, -0.2) is 0 Å². The Morgan fingerprint density at radius 2 is 2.29 bits per heavy atom. The van der Waals surface area contributed by atoms with Crippen molar-refractivity contribution in [2.45, 2.75) is 6.42 Å². The van der Waals surface area contributed by atoms with Crippen molar-refractivity contribution in [1.29, 1.82) is 0 Å². The summed E-state index contributed by atoms with van der Waals surface area (Å²) in [6.45, 7) is 0.190. The number of nitrogens with one attached hydrogen (secondary N) is 1. The molecule has 0 aromatic carbocycles. The number of amides is 2. The second-order valence-corrected chi connectivity index (χ2v) is 2.92. The van der Waals surface area contributed by atoms with Gasteiger partial charge in [-0.15, -0.1) is 0 Å². The highest BCUT2D eigenvalue weighted by molar-refractivity contribution is 6.32. The van der Waals surface area contributed by atoms with E-state index in [9.17, 15) is 9.59 Å². The second-order valence-electron chi connectivity index (χ2n) is 2.58. The number of carbonyl (C=O) groups excluding carboxylic acids is 2. The van der Waals surface area contributed by atoms with Crippen LogP contribution in [0.25, 0.3) is 0 Å². The van der Waals surface area contributed by atoms with Crippen molar-refractivity contribution in [3.8, 4) is 0 Å². The largest absolute Gasteiger partial charge is 0.452 e. The molecule has 5 nitrogen and oxygen atoms in total. The number of primary amides is 1. The fourth-order valence-electron chi connectivity index (χ4n) is 0.850. The highest BCUT2D eigenvalue weighted by atomic mass is 35.5. The summed E-state index contributed by atoms with van der Waals surface area (Å²) in [6.07, 6.45) is 1.41. The summed E-state index contributed by atoms with van der Waals surface area (Å²) in [4.78, 5) is 21.7. The lowest BCUT2D eigenvalue weighted by molar-refractivity contribution is -0.117. The van der Waals surface area contributed by atoms with Crippen LogP contribution < -0.4 is 11.1 Å². The molecule has 1 aromatic heterocycles. The van der Waals surface area contributed by atoms with Gasteiger partial charge in [-0.2, -0.15) is 0 Å². The molecule has 0 unspecified atom stereocenters. The first-order chi connectivity index (χ1) is 6.61. The standard InChI is InChI=1S/C8H9ClN2O3/c9-7-5(2-4-14-7)8(13)11-3-1-6(10)12/h2,4H,1,3H2,(H2,10,12)(H,11,13). The Labute approximate surface area is 85.2 Å². The summed E-state index contributed by atoms with van der Waals surface area (Å²) in [7, 11) is 0. The Bertz CT molecular complexity index is 348. The van der Waals surface area contributed by atoms with E-state index in [1.54, 1.807) is 0 Å². The van der Waals surface area contributed by atoms with Crippen molar-refractivity contribution in [3.05, 3.63) is 23.1 Å². The van der Waals surface area contributed by atoms with Crippen molar-refractivity contribution < 1.29 is 14.0 Å². The molecule has 0 fully saturated rings. The van der Waals surface area contributed by atoms with Crippen LogP contribution in [0.1, 0.15) is 16.8 Å². The molecule has 1 rings (SSSR count). The van der Waals surface area contributed by atoms with E-state index < -0.39 is 5.91 Å². The predicted octanol–water partition coefficient (Wildman–Crippen LogP) is 0.538. The lowest BCUT2D eigenvalue weighted by Gasteiger charge is -2.00. The van der Waals surface area contributed by atoms with Gasteiger partial charge in [0, 0.05) is 13.0 Å². The van der Waals surface area contributed by atoms with Crippen LogP contribution in [0.3, 0.4) is 0 Å². The highest BCUT2D eigenvalue weighted by Crippen LogP contribution is 2.15. The monoisotopic (exact) mass is 216 g/mol. The lowest BCUT2D eigenvalue weighted by atomic mass is 10.3. The van der Waals surface area contributed by atoms with Crippen LogP contribution in [0.15, 0.2) is 16.7 Å². The van der Waals surface area contributed by atoms with E-state index in [-0.39, 0.29) is 29.7 Å². The maximum atomic E-state index is 11.3. The summed E-state index contributed by atoms with van der Waals surface area (Å²) in [6, 6.07) is 1.45. The zero-order valence-corrected chi connectivity index (χ0v) is 8.00. The third kappa shape index (κ3) is 2.77. The van der Waals surface area contributed by atoms with Gasteiger partial charge in [0.2, 0.25) is 11.1 Å². The topological polar surface area (TPSA) is 85.3 Å². The first-order valence-corrected chi connectivity index (χ1v) is 4.28. The van der Waals surface area contributed by atoms with E-state index in [0.29, 0.717) is 0 Å². The Kier molecular flexibility index (Phi) is 3.53.